The molecule has 3 aliphatic rings. The Bertz CT molecular complexity index is 896. The van der Waals surface area contributed by atoms with E-state index in [1.807, 2.05) is 0 Å². The number of fused-ring (bicyclic) bond motifs is 3. The van der Waals surface area contributed by atoms with Crippen LogP contribution in [-0.2, 0) is 32.7 Å². The van der Waals surface area contributed by atoms with Crippen LogP contribution in [0.5, 0.6) is 0 Å². The number of phosphoric acid groups is 1. The lowest BCUT2D eigenvalue weighted by Gasteiger charge is -2.49. The van der Waals surface area contributed by atoms with Crippen molar-refractivity contribution < 1.29 is 42.1 Å². The van der Waals surface area contributed by atoms with Crippen LogP contribution in [0.3, 0.4) is 0 Å². The van der Waals surface area contributed by atoms with E-state index >= 15 is 0 Å². The molecule has 0 aliphatic carbocycles. The molecule has 3 heterocycles. The largest absolute Gasteiger partial charge is 0.756 e. The van der Waals surface area contributed by atoms with Crippen LogP contribution < -0.4 is 4.89 Å². The molecule has 3 rings (SSSR count). The van der Waals surface area contributed by atoms with Gasteiger partial charge in [-0.1, -0.05) is 142 Å². The molecule has 3 saturated heterocycles. The first kappa shape index (κ1) is 45.2. The standard InChI is InChI=1S/C40H76NO8P/c1-3-5-7-9-11-13-15-17-19-21-23-25-39(42)46-35-38(49-40(43)26-24-22-20-18-16-14-12-10-8-6-4-2)36-48-50(44,45)47-34-33-41-30-27-37(28-31-41)29-32-41/h37-38H,3-36H2,1-2H3. The summed E-state index contributed by atoms with van der Waals surface area (Å²) in [5, 5.41) is 0. The van der Waals surface area contributed by atoms with Crippen molar-refractivity contribution >= 4 is 19.8 Å². The fourth-order valence-electron chi connectivity index (χ4n) is 7.52. The third-order valence-electron chi connectivity index (χ3n) is 11.0. The van der Waals surface area contributed by atoms with Gasteiger partial charge in [0, 0.05) is 12.8 Å². The van der Waals surface area contributed by atoms with E-state index in [2.05, 4.69) is 13.8 Å². The van der Waals surface area contributed by atoms with Crippen LogP contribution in [0, 0.1) is 5.92 Å². The Morgan fingerprint density at radius 1 is 0.620 bits per heavy atom. The number of esters is 2. The number of phosphoric ester groups is 1. The molecule has 0 aromatic carbocycles. The van der Waals surface area contributed by atoms with Crippen molar-refractivity contribution in [2.24, 2.45) is 5.92 Å². The molecule has 2 unspecified atom stereocenters. The lowest BCUT2D eigenvalue weighted by molar-refractivity contribution is -0.942. The van der Waals surface area contributed by atoms with Gasteiger partial charge >= 0.3 is 11.9 Å². The smallest absolute Gasteiger partial charge is 0.306 e. The van der Waals surface area contributed by atoms with Gasteiger partial charge < -0.3 is 27.9 Å². The molecule has 0 radical (unpaired) electrons. The van der Waals surface area contributed by atoms with Crippen molar-refractivity contribution in [3.63, 3.8) is 0 Å². The number of nitrogens with zero attached hydrogens (tertiary/aromatic N) is 1. The monoisotopic (exact) mass is 730 g/mol. The topological polar surface area (TPSA) is 111 Å². The van der Waals surface area contributed by atoms with E-state index in [0.29, 0.717) is 19.4 Å². The maximum atomic E-state index is 12.7. The summed E-state index contributed by atoms with van der Waals surface area (Å²) in [6, 6.07) is 0. The number of hydrogen-bond acceptors (Lipinski definition) is 8. The SMILES string of the molecule is CCCCCCCCCCCCCC(=O)OCC(COP(=O)([O-])OCC[N+]12CCC(CC1)CC2)OC(=O)CCCCCCCCCCCCC. The Labute approximate surface area is 306 Å². The maximum Gasteiger partial charge on any atom is 0.306 e. The molecule has 0 aromatic rings. The molecule has 2 bridgehead atoms. The lowest BCUT2D eigenvalue weighted by atomic mass is 9.86. The summed E-state index contributed by atoms with van der Waals surface area (Å²) >= 11 is 0. The molecule has 0 amide bonds. The number of carbonyl (C=O) groups excluding carboxylic acids is 2. The van der Waals surface area contributed by atoms with E-state index < -0.39 is 26.5 Å². The average Bonchev–Trinajstić information content (AvgIpc) is 3.11. The van der Waals surface area contributed by atoms with Gasteiger partial charge in [-0.25, -0.2) is 0 Å². The minimum atomic E-state index is -4.61. The van der Waals surface area contributed by atoms with Crippen molar-refractivity contribution in [1.82, 2.24) is 0 Å². The first-order valence-electron chi connectivity index (χ1n) is 21.1. The van der Waals surface area contributed by atoms with Crippen LogP contribution in [-0.4, -0.2) is 68.5 Å². The van der Waals surface area contributed by atoms with Crippen molar-refractivity contribution in [1.29, 1.82) is 0 Å². The van der Waals surface area contributed by atoms with E-state index in [1.54, 1.807) is 0 Å². The van der Waals surface area contributed by atoms with E-state index in [9.17, 15) is 19.0 Å². The summed E-state index contributed by atoms with van der Waals surface area (Å²) in [4.78, 5) is 37.8. The highest BCUT2D eigenvalue weighted by atomic mass is 31.2. The van der Waals surface area contributed by atoms with Crippen LogP contribution in [0.25, 0.3) is 0 Å². The van der Waals surface area contributed by atoms with Gasteiger partial charge in [-0.15, -0.1) is 0 Å². The third kappa shape index (κ3) is 22.8. The summed E-state index contributed by atoms with van der Waals surface area (Å²) in [5.41, 5.74) is 0. The number of piperidine rings is 3. The molecule has 294 valence electrons. The molecule has 2 atom stereocenters. The van der Waals surface area contributed by atoms with Crippen LogP contribution in [0.4, 0.5) is 0 Å². The highest BCUT2D eigenvalue weighted by molar-refractivity contribution is 7.45. The number of rotatable bonds is 34. The van der Waals surface area contributed by atoms with E-state index in [0.717, 1.165) is 62.1 Å². The van der Waals surface area contributed by atoms with Gasteiger partial charge in [0.2, 0.25) is 0 Å². The normalized spacial score (nSPS) is 20.4. The Morgan fingerprint density at radius 3 is 1.50 bits per heavy atom. The molecule has 0 saturated carbocycles. The Balaban J connectivity index is 1.67. The highest BCUT2D eigenvalue weighted by Gasteiger charge is 2.39. The Morgan fingerprint density at radius 2 is 1.04 bits per heavy atom. The van der Waals surface area contributed by atoms with E-state index in [1.165, 1.54) is 122 Å². The van der Waals surface area contributed by atoms with Gasteiger partial charge in [-0.3, -0.25) is 14.2 Å². The van der Waals surface area contributed by atoms with E-state index in [-0.39, 0.29) is 25.6 Å². The summed E-state index contributed by atoms with van der Waals surface area (Å²) in [6.45, 7) is 7.78. The maximum absolute atomic E-state index is 12.7. The van der Waals surface area contributed by atoms with Gasteiger partial charge in [-0.2, -0.15) is 0 Å². The van der Waals surface area contributed by atoms with Crippen molar-refractivity contribution in [3.8, 4) is 0 Å². The number of carbonyl (C=O) groups is 2. The second kappa shape index (κ2) is 28.5. The number of hydrogen-bond donors (Lipinski definition) is 0. The van der Waals surface area contributed by atoms with Crippen molar-refractivity contribution in [2.45, 2.75) is 193 Å². The van der Waals surface area contributed by atoms with Gasteiger partial charge in [0.25, 0.3) is 7.82 Å². The first-order chi connectivity index (χ1) is 24.3. The van der Waals surface area contributed by atoms with Gasteiger partial charge in [0.15, 0.2) is 6.10 Å². The zero-order valence-electron chi connectivity index (χ0n) is 32.4. The number of quaternary nitrogens is 1. The third-order valence-corrected chi connectivity index (χ3v) is 11.9. The average molecular weight is 730 g/mol. The highest BCUT2D eigenvalue weighted by Crippen LogP contribution is 2.39. The fraction of sp³-hybridized carbons (Fsp3) is 0.950. The predicted octanol–water partition coefficient (Wildman–Crippen LogP) is 9.98. The molecular formula is C40H76NO8P. The number of ether oxygens (including phenoxy) is 2. The van der Waals surface area contributed by atoms with E-state index in [4.69, 9.17) is 18.5 Å². The summed E-state index contributed by atoms with van der Waals surface area (Å²) in [7, 11) is -4.61. The summed E-state index contributed by atoms with van der Waals surface area (Å²) < 4.78 is 35.0. The predicted molar refractivity (Wildman–Crippen MR) is 200 cm³/mol. The van der Waals surface area contributed by atoms with Crippen molar-refractivity contribution in [3.05, 3.63) is 0 Å². The molecule has 3 aliphatic heterocycles. The van der Waals surface area contributed by atoms with Gasteiger partial charge in [0.1, 0.15) is 19.8 Å². The molecule has 0 spiro atoms. The molecule has 50 heavy (non-hydrogen) atoms. The molecule has 9 nitrogen and oxygen atoms in total. The second-order valence-corrected chi connectivity index (χ2v) is 16.8. The van der Waals surface area contributed by atoms with Crippen LogP contribution in [0.1, 0.15) is 187 Å². The second-order valence-electron chi connectivity index (χ2n) is 15.4. The molecular weight excluding hydrogens is 653 g/mol. The zero-order valence-corrected chi connectivity index (χ0v) is 33.3. The quantitative estimate of drug-likeness (QED) is 0.0279. The van der Waals surface area contributed by atoms with Gasteiger partial charge in [-0.05, 0) is 38.0 Å². The van der Waals surface area contributed by atoms with Crippen LogP contribution in [0.2, 0.25) is 0 Å². The minimum Gasteiger partial charge on any atom is -0.756 e. The fourth-order valence-corrected chi connectivity index (χ4v) is 8.25. The molecule has 0 aromatic heterocycles. The molecule has 10 heteroatoms. The van der Waals surface area contributed by atoms with Crippen LogP contribution in [0.15, 0.2) is 0 Å². The Hall–Kier alpha value is -0.990. The lowest BCUT2D eigenvalue weighted by Crippen LogP contribution is -2.59. The van der Waals surface area contributed by atoms with Gasteiger partial charge in [0.05, 0.1) is 26.2 Å². The van der Waals surface area contributed by atoms with Crippen molar-refractivity contribution in [2.75, 3.05) is 46.0 Å². The molecule has 0 N–H and O–H groups in total. The minimum absolute atomic E-state index is 0.0721. The Kier molecular flexibility index (Phi) is 25.7. The molecule has 3 fully saturated rings. The number of unbranched alkanes of at least 4 members (excludes halogenated alkanes) is 20. The van der Waals surface area contributed by atoms with Crippen LogP contribution >= 0.6 is 7.82 Å². The summed E-state index contributed by atoms with van der Waals surface area (Å²) in [5.74, 6) is 0.0308. The first-order valence-corrected chi connectivity index (χ1v) is 22.5. The zero-order chi connectivity index (χ0) is 36.2. The summed E-state index contributed by atoms with van der Waals surface area (Å²) in [6.07, 6.45) is 29.3.